The zero-order valence-electron chi connectivity index (χ0n) is 15.0. The number of likely N-dealkylation sites (N-methyl/N-ethyl adjacent to an activating group) is 1. The van der Waals surface area contributed by atoms with Gasteiger partial charge in [0.1, 0.15) is 23.6 Å². The molecule has 0 saturated heterocycles. The first-order chi connectivity index (χ1) is 12.9. The van der Waals surface area contributed by atoms with E-state index in [4.69, 9.17) is 12.2 Å². The molecule has 0 aliphatic carbocycles. The molecule has 3 nitrogen and oxygen atoms in total. The summed E-state index contributed by atoms with van der Waals surface area (Å²) in [6.07, 6.45) is -4.56. The Bertz CT molecular complexity index is 1030. The molecule has 1 unspecified atom stereocenters. The Morgan fingerprint density at radius 3 is 2.43 bits per heavy atom. The molecule has 1 atom stereocenters. The van der Waals surface area contributed by atoms with Crippen LogP contribution >= 0.6 is 12.2 Å². The van der Waals surface area contributed by atoms with Crippen molar-refractivity contribution >= 4 is 34.4 Å². The number of fused-ring (bicyclic) bond motifs is 1. The van der Waals surface area contributed by atoms with E-state index in [-0.39, 0.29) is 27.3 Å². The van der Waals surface area contributed by atoms with Crippen molar-refractivity contribution in [2.24, 2.45) is 0 Å². The van der Waals surface area contributed by atoms with E-state index < -0.39 is 23.5 Å². The molecule has 1 heterocycles. The second-order valence-corrected chi connectivity index (χ2v) is 7.21. The number of carboxylic acids is 1. The zero-order chi connectivity index (χ0) is 20.9. The molecule has 146 valence electrons. The predicted molar refractivity (Wildman–Crippen MR) is 102 cm³/mol. The fourth-order valence-electron chi connectivity index (χ4n) is 3.49. The molecule has 0 aromatic heterocycles. The van der Waals surface area contributed by atoms with Gasteiger partial charge >= 0.3 is 12.1 Å². The first-order valence-electron chi connectivity index (χ1n) is 8.26. The number of hydrogen-bond donors (Lipinski definition) is 1. The molecule has 0 saturated carbocycles. The number of allylic oxidation sites excluding steroid dienone is 1. The molecule has 1 aliphatic rings. The van der Waals surface area contributed by atoms with E-state index in [1.807, 2.05) is 0 Å². The van der Waals surface area contributed by atoms with E-state index in [9.17, 15) is 27.5 Å². The van der Waals surface area contributed by atoms with Crippen molar-refractivity contribution in [3.63, 3.8) is 0 Å². The van der Waals surface area contributed by atoms with Crippen LogP contribution in [-0.2, 0) is 17.5 Å². The van der Waals surface area contributed by atoms with E-state index >= 15 is 0 Å². The minimum atomic E-state index is -4.56. The SMILES string of the molecule is CC1=C(C(=O)O)C(=S)[N+](C)(Cc2cccc(F)c2)c2cc(C(F)(F)F)ccc21. The minimum absolute atomic E-state index is 0.00889. The third kappa shape index (κ3) is 3.33. The summed E-state index contributed by atoms with van der Waals surface area (Å²) in [6.45, 7) is 1.53. The lowest BCUT2D eigenvalue weighted by Crippen LogP contribution is -2.53. The summed E-state index contributed by atoms with van der Waals surface area (Å²) in [5.41, 5.74) is 0.406. The molecule has 1 aliphatic heterocycles. The summed E-state index contributed by atoms with van der Waals surface area (Å²) in [6, 6.07) is 8.78. The second kappa shape index (κ2) is 6.79. The van der Waals surface area contributed by atoms with Crippen LogP contribution < -0.4 is 4.48 Å². The third-order valence-corrected chi connectivity index (χ3v) is 5.51. The highest BCUT2D eigenvalue weighted by atomic mass is 32.1. The van der Waals surface area contributed by atoms with Gasteiger partial charge in [-0.25, -0.2) is 13.7 Å². The molecule has 0 bridgehead atoms. The van der Waals surface area contributed by atoms with Crippen molar-refractivity contribution in [1.29, 1.82) is 0 Å². The molecule has 28 heavy (non-hydrogen) atoms. The second-order valence-electron chi connectivity index (χ2n) is 6.82. The van der Waals surface area contributed by atoms with E-state index in [1.54, 1.807) is 13.1 Å². The van der Waals surface area contributed by atoms with Gasteiger partial charge in [-0.1, -0.05) is 12.1 Å². The van der Waals surface area contributed by atoms with Crippen LogP contribution in [-0.4, -0.2) is 23.1 Å². The molecule has 2 aromatic carbocycles. The fourth-order valence-corrected chi connectivity index (χ4v) is 3.90. The Hall–Kier alpha value is -2.58. The molecule has 0 amide bonds. The van der Waals surface area contributed by atoms with Gasteiger partial charge in [0, 0.05) is 17.2 Å². The number of halogens is 4. The van der Waals surface area contributed by atoms with Gasteiger partial charge in [-0.3, -0.25) is 0 Å². The number of alkyl halides is 3. The summed E-state index contributed by atoms with van der Waals surface area (Å²) < 4.78 is 53.1. The van der Waals surface area contributed by atoms with Crippen molar-refractivity contribution in [2.45, 2.75) is 19.6 Å². The molecule has 0 radical (unpaired) electrons. The van der Waals surface area contributed by atoms with Gasteiger partial charge in [0.2, 0.25) is 4.99 Å². The highest BCUT2D eigenvalue weighted by Crippen LogP contribution is 2.44. The highest BCUT2D eigenvalue weighted by Gasteiger charge is 2.45. The number of thiocarbonyl (C=S) groups is 1. The van der Waals surface area contributed by atoms with Crippen LogP contribution in [0, 0.1) is 5.82 Å². The smallest absolute Gasteiger partial charge is 0.416 e. The molecule has 2 aromatic rings. The Morgan fingerprint density at radius 1 is 1.18 bits per heavy atom. The highest BCUT2D eigenvalue weighted by molar-refractivity contribution is 7.81. The average Bonchev–Trinajstić information content (AvgIpc) is 2.59. The van der Waals surface area contributed by atoms with Crippen molar-refractivity contribution in [2.75, 3.05) is 7.05 Å². The minimum Gasteiger partial charge on any atom is -0.477 e. The van der Waals surface area contributed by atoms with E-state index in [2.05, 4.69) is 0 Å². The lowest BCUT2D eigenvalue weighted by molar-refractivity contribution is -0.137. The lowest BCUT2D eigenvalue weighted by atomic mass is 9.91. The van der Waals surface area contributed by atoms with Gasteiger partial charge in [0.05, 0.1) is 12.6 Å². The predicted octanol–water partition coefficient (Wildman–Crippen LogP) is 5.18. The van der Waals surface area contributed by atoms with Crippen LogP contribution in [0.4, 0.5) is 23.2 Å². The quantitative estimate of drug-likeness (QED) is 0.430. The Morgan fingerprint density at radius 2 is 1.86 bits per heavy atom. The van der Waals surface area contributed by atoms with E-state index in [0.29, 0.717) is 16.7 Å². The van der Waals surface area contributed by atoms with Crippen molar-refractivity contribution in [3.8, 4) is 0 Å². The Kier molecular flexibility index (Phi) is 4.89. The van der Waals surface area contributed by atoms with Crippen LogP contribution in [0.1, 0.15) is 23.6 Å². The molecule has 8 heteroatoms. The number of carbonyl (C=O) groups is 1. The van der Waals surface area contributed by atoms with Crippen molar-refractivity contribution in [1.82, 2.24) is 4.48 Å². The maximum atomic E-state index is 13.6. The van der Waals surface area contributed by atoms with Crippen molar-refractivity contribution in [3.05, 3.63) is 70.5 Å². The third-order valence-electron chi connectivity index (χ3n) is 4.90. The number of hydrogen-bond acceptors (Lipinski definition) is 2. The molecule has 0 fully saturated rings. The maximum Gasteiger partial charge on any atom is 0.416 e. The van der Waals surface area contributed by atoms with Gasteiger partial charge in [-0.2, -0.15) is 13.2 Å². The monoisotopic (exact) mass is 410 g/mol. The number of nitrogens with zero attached hydrogens (tertiary/aromatic N) is 1. The number of aliphatic carboxylic acids is 1. The van der Waals surface area contributed by atoms with Gasteiger partial charge in [-0.05, 0) is 49.0 Å². The van der Waals surface area contributed by atoms with Crippen LogP contribution in [0.15, 0.2) is 48.0 Å². The van der Waals surface area contributed by atoms with Gasteiger partial charge < -0.3 is 5.11 Å². The zero-order valence-corrected chi connectivity index (χ0v) is 15.8. The van der Waals surface area contributed by atoms with Gasteiger partial charge in [-0.15, -0.1) is 0 Å². The normalized spacial score (nSPS) is 19.6. The summed E-state index contributed by atoms with van der Waals surface area (Å²) in [4.78, 5) is 11.8. The van der Waals surface area contributed by atoms with Crippen LogP contribution in [0.25, 0.3) is 5.57 Å². The summed E-state index contributed by atoms with van der Waals surface area (Å²) in [7, 11) is 1.54. The molecule has 1 N–H and O–H groups in total. The number of rotatable bonds is 3. The lowest BCUT2D eigenvalue weighted by Gasteiger charge is -2.39. The number of benzene rings is 2. The van der Waals surface area contributed by atoms with Gasteiger partial charge in [0.15, 0.2) is 0 Å². The van der Waals surface area contributed by atoms with E-state index in [0.717, 1.165) is 12.1 Å². The summed E-state index contributed by atoms with van der Waals surface area (Å²) >= 11 is 5.42. The van der Waals surface area contributed by atoms with E-state index in [1.165, 1.54) is 31.2 Å². The van der Waals surface area contributed by atoms with Crippen LogP contribution in [0.3, 0.4) is 0 Å². The Labute approximate surface area is 164 Å². The van der Waals surface area contributed by atoms with Crippen molar-refractivity contribution < 1.29 is 27.5 Å². The topological polar surface area (TPSA) is 37.3 Å². The number of quaternary nitrogens is 1. The summed E-state index contributed by atoms with van der Waals surface area (Å²) in [5.74, 6) is -1.75. The first-order valence-corrected chi connectivity index (χ1v) is 8.67. The largest absolute Gasteiger partial charge is 0.477 e. The first kappa shape index (κ1) is 20.2. The molecule has 3 rings (SSSR count). The Balaban J connectivity index is 2.27. The fraction of sp³-hybridized carbons (Fsp3) is 0.200. The average molecular weight is 410 g/mol. The standard InChI is InChI=1S/C20H15F4NO2S/c1-11-15-7-6-13(20(22,23)24)9-16(15)25(2,18(28)17(11)19(26)27)10-12-4-3-5-14(21)8-12/h3-9H,10H2,1-2H3/p+1. The summed E-state index contributed by atoms with van der Waals surface area (Å²) in [5, 5.41) is 9.64. The molecular weight excluding hydrogens is 394 g/mol. The molecular formula is C20H16F4NO2S+. The van der Waals surface area contributed by atoms with Crippen LogP contribution in [0.5, 0.6) is 0 Å². The van der Waals surface area contributed by atoms with Crippen LogP contribution in [0.2, 0.25) is 0 Å². The number of carboxylic acid groups (broad SMARTS) is 1. The maximum absolute atomic E-state index is 13.6. The molecule has 0 spiro atoms. The van der Waals surface area contributed by atoms with Gasteiger partial charge in [0.25, 0.3) is 0 Å².